The molecule has 0 aliphatic carbocycles. The van der Waals surface area contributed by atoms with E-state index in [0.29, 0.717) is 0 Å². The zero-order valence-corrected chi connectivity index (χ0v) is 15.0. The zero-order chi connectivity index (χ0) is 14.6. The molecule has 4 heterocycles. The molecule has 0 amide bonds. The lowest BCUT2D eigenvalue weighted by Gasteiger charge is -1.91. The molecule has 0 aromatic carbocycles. The van der Waals surface area contributed by atoms with Crippen LogP contribution in [0.25, 0.3) is 29.4 Å². The van der Waals surface area contributed by atoms with Crippen molar-refractivity contribution in [2.24, 2.45) is 0 Å². The van der Waals surface area contributed by atoms with E-state index in [-0.39, 0.29) is 0 Å². The van der Waals surface area contributed by atoms with Crippen LogP contribution in [0.3, 0.4) is 0 Å². The molecule has 0 N–H and O–H groups in total. The summed E-state index contributed by atoms with van der Waals surface area (Å²) >= 11 is 7.01. The number of fused-ring (bicyclic) bond motifs is 1. The first kappa shape index (κ1) is 13.6. The molecule has 0 spiro atoms. The molecule has 0 bridgehead atoms. The number of nitrogens with zero attached hydrogens (tertiary/aromatic N) is 2. The highest BCUT2D eigenvalue weighted by atomic mass is 32.1. The summed E-state index contributed by atoms with van der Waals surface area (Å²) in [6, 6.07) is 6.52. The SMILES string of the molecule is Cc1ccc(-c2nc3sc(-c4sc(C)cc4C)nc3s2)s1. The van der Waals surface area contributed by atoms with Gasteiger partial charge in [-0.05, 0) is 44.5 Å². The molecule has 21 heavy (non-hydrogen) atoms. The molecule has 0 aliphatic rings. The minimum atomic E-state index is 1.06. The maximum atomic E-state index is 4.80. The molecule has 0 saturated carbocycles. The summed E-state index contributed by atoms with van der Waals surface area (Å²) in [6.07, 6.45) is 0. The van der Waals surface area contributed by atoms with Gasteiger partial charge < -0.3 is 0 Å². The molecule has 0 aliphatic heterocycles. The molecule has 4 rings (SSSR count). The van der Waals surface area contributed by atoms with Crippen molar-refractivity contribution in [2.45, 2.75) is 20.8 Å². The van der Waals surface area contributed by atoms with Gasteiger partial charge in [0, 0.05) is 9.75 Å². The highest BCUT2D eigenvalue weighted by Gasteiger charge is 2.16. The molecular weight excluding hydrogens is 336 g/mol. The topological polar surface area (TPSA) is 25.8 Å². The van der Waals surface area contributed by atoms with Gasteiger partial charge in [0.1, 0.15) is 10.0 Å². The zero-order valence-electron chi connectivity index (χ0n) is 11.8. The molecule has 0 radical (unpaired) electrons. The predicted molar refractivity (Wildman–Crippen MR) is 96.1 cm³/mol. The summed E-state index contributed by atoms with van der Waals surface area (Å²) in [7, 11) is 0. The van der Waals surface area contributed by atoms with Crippen LogP contribution in [0.1, 0.15) is 15.3 Å². The van der Waals surface area contributed by atoms with E-state index < -0.39 is 0 Å². The van der Waals surface area contributed by atoms with Gasteiger partial charge >= 0.3 is 0 Å². The third-order valence-corrected chi connectivity index (χ3v) is 7.67. The van der Waals surface area contributed by atoms with Crippen LogP contribution in [-0.2, 0) is 0 Å². The fourth-order valence-corrected chi connectivity index (χ4v) is 6.38. The van der Waals surface area contributed by atoms with Crippen LogP contribution >= 0.6 is 45.3 Å². The number of thiazole rings is 2. The number of rotatable bonds is 2. The summed E-state index contributed by atoms with van der Waals surface area (Å²) in [6.45, 7) is 6.43. The molecule has 2 nitrogen and oxygen atoms in total. The van der Waals surface area contributed by atoms with Crippen LogP contribution in [0.15, 0.2) is 18.2 Å². The molecule has 0 saturated heterocycles. The maximum Gasteiger partial charge on any atom is 0.155 e. The van der Waals surface area contributed by atoms with E-state index in [4.69, 9.17) is 9.97 Å². The first-order chi connectivity index (χ1) is 10.1. The van der Waals surface area contributed by atoms with Crippen LogP contribution < -0.4 is 0 Å². The quantitative estimate of drug-likeness (QED) is 0.435. The number of thiophene rings is 2. The summed E-state index contributed by atoms with van der Waals surface area (Å²) in [5.74, 6) is 0. The van der Waals surface area contributed by atoms with Gasteiger partial charge in [0.15, 0.2) is 9.66 Å². The van der Waals surface area contributed by atoms with Crippen molar-refractivity contribution in [1.29, 1.82) is 0 Å². The lowest BCUT2D eigenvalue weighted by molar-refractivity contribution is 1.47. The summed E-state index contributed by atoms with van der Waals surface area (Å²) in [5.41, 5.74) is 1.31. The van der Waals surface area contributed by atoms with Crippen molar-refractivity contribution < 1.29 is 0 Å². The second-order valence-electron chi connectivity index (χ2n) is 4.93. The van der Waals surface area contributed by atoms with E-state index in [0.717, 1.165) is 19.7 Å². The molecular formula is C15H12N2S4. The Morgan fingerprint density at radius 2 is 1.48 bits per heavy atom. The molecule has 106 valence electrons. The van der Waals surface area contributed by atoms with E-state index >= 15 is 0 Å². The van der Waals surface area contributed by atoms with Crippen molar-refractivity contribution in [3.8, 4) is 19.8 Å². The van der Waals surface area contributed by atoms with Crippen molar-refractivity contribution >= 4 is 55.0 Å². The Hall–Kier alpha value is -1.08. The van der Waals surface area contributed by atoms with Gasteiger partial charge in [0.25, 0.3) is 0 Å². The molecule has 4 aromatic heterocycles. The first-order valence-electron chi connectivity index (χ1n) is 6.52. The molecule has 6 heteroatoms. The summed E-state index contributed by atoms with van der Waals surface area (Å²) < 4.78 is 0. The minimum Gasteiger partial charge on any atom is -0.222 e. The average molecular weight is 349 g/mol. The van der Waals surface area contributed by atoms with E-state index in [9.17, 15) is 0 Å². The Labute approximate surface area is 138 Å². The van der Waals surface area contributed by atoms with Gasteiger partial charge in [-0.1, -0.05) is 22.7 Å². The van der Waals surface area contributed by atoms with Crippen LogP contribution in [0, 0.1) is 20.8 Å². The predicted octanol–water partition coefficient (Wildman–Crippen LogP) is 6.14. The third kappa shape index (κ3) is 2.36. The number of aryl methyl sites for hydroxylation is 3. The van der Waals surface area contributed by atoms with Crippen LogP contribution in [0.5, 0.6) is 0 Å². The van der Waals surface area contributed by atoms with E-state index in [1.54, 1.807) is 34.0 Å². The van der Waals surface area contributed by atoms with Crippen molar-refractivity contribution in [1.82, 2.24) is 9.97 Å². The van der Waals surface area contributed by atoms with Gasteiger partial charge in [0.05, 0.1) is 9.75 Å². The van der Waals surface area contributed by atoms with E-state index in [1.807, 2.05) is 11.3 Å². The van der Waals surface area contributed by atoms with Gasteiger partial charge in [-0.3, -0.25) is 0 Å². The fourth-order valence-electron chi connectivity index (χ4n) is 2.25. The molecule has 4 aromatic rings. The third-order valence-electron chi connectivity index (χ3n) is 3.16. The Bertz CT molecular complexity index is 907. The van der Waals surface area contributed by atoms with Gasteiger partial charge in [-0.15, -0.1) is 22.7 Å². The number of hydrogen-bond acceptors (Lipinski definition) is 6. The Kier molecular flexibility index (Phi) is 3.22. The second-order valence-corrected chi connectivity index (χ2v) is 9.43. The van der Waals surface area contributed by atoms with E-state index in [1.165, 1.54) is 25.1 Å². The lowest BCUT2D eigenvalue weighted by atomic mass is 10.3. The van der Waals surface area contributed by atoms with Crippen LogP contribution in [0.4, 0.5) is 0 Å². The highest BCUT2D eigenvalue weighted by Crippen LogP contribution is 2.41. The second kappa shape index (κ2) is 4.98. The Morgan fingerprint density at radius 1 is 0.762 bits per heavy atom. The fraction of sp³-hybridized carbons (Fsp3) is 0.200. The van der Waals surface area contributed by atoms with Gasteiger partial charge in [-0.2, -0.15) is 0 Å². The monoisotopic (exact) mass is 348 g/mol. The molecule has 0 unspecified atom stereocenters. The maximum absolute atomic E-state index is 4.80. The molecule has 0 fully saturated rings. The van der Waals surface area contributed by atoms with Crippen LogP contribution in [-0.4, -0.2) is 9.97 Å². The van der Waals surface area contributed by atoms with Gasteiger partial charge in [-0.25, -0.2) is 9.97 Å². The minimum absolute atomic E-state index is 1.06. The van der Waals surface area contributed by atoms with Crippen molar-refractivity contribution in [2.75, 3.05) is 0 Å². The largest absolute Gasteiger partial charge is 0.222 e. The number of aromatic nitrogens is 2. The normalized spacial score (nSPS) is 11.6. The van der Waals surface area contributed by atoms with Gasteiger partial charge in [0.2, 0.25) is 0 Å². The smallest absolute Gasteiger partial charge is 0.155 e. The highest BCUT2D eigenvalue weighted by molar-refractivity contribution is 7.32. The first-order valence-corrected chi connectivity index (χ1v) is 9.78. The standard InChI is InChI=1S/C15H12N2S4/c1-7-6-9(3)19-11(7)13-17-15-14(21-13)16-12(20-15)10-5-4-8(2)18-10/h4-6H,1-3H3. The Balaban J connectivity index is 1.79. The summed E-state index contributed by atoms with van der Waals surface area (Å²) in [4.78, 5) is 16.9. The lowest BCUT2D eigenvalue weighted by Crippen LogP contribution is -1.72. The number of hydrogen-bond donors (Lipinski definition) is 0. The van der Waals surface area contributed by atoms with Crippen molar-refractivity contribution in [3.05, 3.63) is 33.5 Å². The van der Waals surface area contributed by atoms with Crippen LogP contribution in [0.2, 0.25) is 0 Å². The Morgan fingerprint density at radius 3 is 2.10 bits per heavy atom. The van der Waals surface area contributed by atoms with E-state index in [2.05, 4.69) is 39.0 Å². The summed E-state index contributed by atoms with van der Waals surface area (Å²) in [5, 5.41) is 2.20. The average Bonchev–Trinajstić information content (AvgIpc) is 3.12. The van der Waals surface area contributed by atoms with Crippen molar-refractivity contribution in [3.63, 3.8) is 0 Å². The molecule has 0 atom stereocenters.